The quantitative estimate of drug-likeness (QED) is 0.524. The first kappa shape index (κ1) is 25.2. The maximum Gasteiger partial charge on any atom is 0.261 e. The summed E-state index contributed by atoms with van der Waals surface area (Å²) in [4.78, 5) is 28.8. The molecule has 1 aliphatic carbocycles. The summed E-state index contributed by atoms with van der Waals surface area (Å²) in [7, 11) is 1.59. The first-order chi connectivity index (χ1) is 17.0. The number of fused-ring (bicyclic) bond motifs is 1. The zero-order valence-corrected chi connectivity index (χ0v) is 21.5. The Morgan fingerprint density at radius 1 is 1.11 bits per heavy atom. The average Bonchev–Trinajstić information content (AvgIpc) is 2.87. The van der Waals surface area contributed by atoms with Crippen molar-refractivity contribution in [3.63, 3.8) is 0 Å². The van der Waals surface area contributed by atoms with Gasteiger partial charge in [0.2, 0.25) is 5.91 Å². The van der Waals surface area contributed by atoms with Crippen molar-refractivity contribution in [3.05, 3.63) is 70.1 Å². The largest absolute Gasteiger partial charge is 0.493 e. The van der Waals surface area contributed by atoms with Crippen molar-refractivity contribution >= 4 is 23.6 Å². The van der Waals surface area contributed by atoms with Crippen LogP contribution in [0.2, 0.25) is 0 Å². The van der Waals surface area contributed by atoms with Gasteiger partial charge in [-0.3, -0.25) is 9.59 Å². The van der Waals surface area contributed by atoms with Crippen molar-refractivity contribution in [2.45, 2.75) is 63.9 Å². The van der Waals surface area contributed by atoms with Crippen molar-refractivity contribution in [2.75, 3.05) is 13.7 Å². The lowest BCUT2D eigenvalue weighted by molar-refractivity contribution is -0.130. The van der Waals surface area contributed by atoms with Crippen molar-refractivity contribution < 1.29 is 19.1 Å². The summed E-state index contributed by atoms with van der Waals surface area (Å²) in [5.41, 5.74) is 3.22. The van der Waals surface area contributed by atoms with Gasteiger partial charge in [0, 0.05) is 30.5 Å². The zero-order valence-electron chi connectivity index (χ0n) is 20.7. The average molecular weight is 495 g/mol. The van der Waals surface area contributed by atoms with Crippen LogP contribution in [0.15, 0.2) is 53.4 Å². The Hall–Kier alpha value is -2.93. The van der Waals surface area contributed by atoms with E-state index in [1.807, 2.05) is 30.0 Å². The van der Waals surface area contributed by atoms with Gasteiger partial charge in [-0.15, -0.1) is 11.8 Å². The van der Waals surface area contributed by atoms with E-state index in [-0.39, 0.29) is 17.9 Å². The zero-order chi connectivity index (χ0) is 24.8. The highest BCUT2D eigenvalue weighted by atomic mass is 32.2. The fourth-order valence-corrected chi connectivity index (χ4v) is 6.15. The third kappa shape index (κ3) is 6.20. The van der Waals surface area contributed by atoms with Gasteiger partial charge >= 0.3 is 0 Å². The van der Waals surface area contributed by atoms with Gasteiger partial charge in [-0.2, -0.15) is 0 Å². The highest BCUT2D eigenvalue weighted by Crippen LogP contribution is 2.42. The molecule has 6 nitrogen and oxygen atoms in total. The fourth-order valence-electron chi connectivity index (χ4n) is 4.71. The number of carbonyl (C=O) groups excluding carboxylic acids is 2. The SMILES string of the molecule is CCOc1ccc(CNC(=O)/C=C2\SC3CCCCC3N(Cc3ccc(C)cc3)C2=O)cc1OC. The molecule has 2 aromatic carbocycles. The summed E-state index contributed by atoms with van der Waals surface area (Å²) in [6.45, 7) is 5.44. The number of ether oxygens (including phenoxy) is 2. The van der Waals surface area contributed by atoms with Crippen LogP contribution < -0.4 is 14.8 Å². The van der Waals surface area contributed by atoms with Crippen molar-refractivity contribution in [1.29, 1.82) is 0 Å². The second-order valence-corrected chi connectivity index (χ2v) is 10.4. The van der Waals surface area contributed by atoms with Gasteiger partial charge in [0.25, 0.3) is 5.91 Å². The Kier molecular flexibility index (Phi) is 8.39. The molecule has 2 atom stereocenters. The Balaban J connectivity index is 1.46. The number of methoxy groups -OCH3 is 1. The molecular formula is C28H34N2O4S. The van der Waals surface area contributed by atoms with E-state index in [0.29, 0.717) is 41.4 Å². The summed E-state index contributed by atoms with van der Waals surface area (Å²) < 4.78 is 11.0. The number of rotatable bonds is 8. The fraction of sp³-hybridized carbons (Fsp3) is 0.429. The van der Waals surface area contributed by atoms with E-state index in [1.165, 1.54) is 18.1 Å². The molecule has 0 aromatic heterocycles. The molecule has 1 saturated heterocycles. The van der Waals surface area contributed by atoms with Crippen molar-refractivity contribution in [1.82, 2.24) is 10.2 Å². The minimum absolute atomic E-state index is 0.0448. The number of carbonyl (C=O) groups is 2. The molecule has 2 amide bonds. The van der Waals surface area contributed by atoms with Crippen molar-refractivity contribution in [3.8, 4) is 11.5 Å². The van der Waals surface area contributed by atoms with E-state index in [9.17, 15) is 9.59 Å². The van der Waals surface area contributed by atoms with Gasteiger partial charge in [0.05, 0.1) is 18.6 Å². The number of nitrogens with one attached hydrogen (secondary N) is 1. The molecule has 0 radical (unpaired) electrons. The molecule has 4 rings (SSSR count). The van der Waals surface area contributed by atoms with Crippen LogP contribution in [0.1, 0.15) is 49.3 Å². The van der Waals surface area contributed by atoms with Gasteiger partial charge < -0.3 is 19.7 Å². The monoisotopic (exact) mass is 494 g/mol. The van der Waals surface area contributed by atoms with Crippen LogP contribution in [0, 0.1) is 6.92 Å². The third-order valence-corrected chi connectivity index (χ3v) is 7.95. The number of amides is 2. The molecule has 0 bridgehead atoms. The molecule has 2 aromatic rings. The molecule has 2 aliphatic rings. The number of nitrogens with zero attached hydrogens (tertiary/aromatic N) is 1. The summed E-state index contributed by atoms with van der Waals surface area (Å²) in [6.07, 6.45) is 5.88. The van der Waals surface area contributed by atoms with Gasteiger partial charge in [0.1, 0.15) is 0 Å². The summed E-state index contributed by atoms with van der Waals surface area (Å²) in [6, 6.07) is 14.2. The van der Waals surface area contributed by atoms with Crippen LogP contribution in [0.5, 0.6) is 11.5 Å². The second-order valence-electron chi connectivity index (χ2n) is 9.07. The van der Waals surface area contributed by atoms with E-state index >= 15 is 0 Å². The van der Waals surface area contributed by atoms with Crippen molar-refractivity contribution in [2.24, 2.45) is 0 Å². The van der Waals surface area contributed by atoms with E-state index in [2.05, 4.69) is 36.5 Å². The van der Waals surface area contributed by atoms with Crippen LogP contribution in [0.3, 0.4) is 0 Å². The molecule has 0 spiro atoms. The second kappa shape index (κ2) is 11.7. The van der Waals surface area contributed by atoms with Crippen LogP contribution >= 0.6 is 11.8 Å². The molecule has 7 heteroatoms. The Morgan fingerprint density at radius 2 is 1.86 bits per heavy atom. The van der Waals surface area contributed by atoms with Crippen LogP contribution in [0.25, 0.3) is 0 Å². The first-order valence-corrected chi connectivity index (χ1v) is 13.2. The van der Waals surface area contributed by atoms with E-state index < -0.39 is 0 Å². The Labute approximate surface area is 212 Å². The highest BCUT2D eigenvalue weighted by molar-refractivity contribution is 8.04. The molecular weight excluding hydrogens is 460 g/mol. The molecule has 2 fully saturated rings. The van der Waals surface area contributed by atoms with E-state index in [4.69, 9.17) is 9.47 Å². The minimum atomic E-state index is -0.266. The number of hydrogen-bond acceptors (Lipinski definition) is 5. The topological polar surface area (TPSA) is 67.9 Å². The maximum atomic E-state index is 13.5. The third-order valence-electron chi connectivity index (χ3n) is 6.55. The molecule has 186 valence electrons. The molecule has 1 saturated carbocycles. The smallest absolute Gasteiger partial charge is 0.261 e. The number of thioether (sulfide) groups is 1. The number of benzene rings is 2. The molecule has 1 N–H and O–H groups in total. The summed E-state index contributed by atoms with van der Waals surface area (Å²) in [5, 5.41) is 3.25. The Bertz CT molecular complexity index is 1080. The predicted molar refractivity (Wildman–Crippen MR) is 139 cm³/mol. The first-order valence-electron chi connectivity index (χ1n) is 12.3. The lowest BCUT2D eigenvalue weighted by Crippen LogP contribution is -2.51. The Morgan fingerprint density at radius 3 is 2.60 bits per heavy atom. The van der Waals surface area contributed by atoms with Gasteiger partial charge in [-0.1, -0.05) is 48.7 Å². The predicted octanol–water partition coefficient (Wildman–Crippen LogP) is 4.99. The van der Waals surface area contributed by atoms with Gasteiger partial charge in [-0.25, -0.2) is 0 Å². The van der Waals surface area contributed by atoms with Crippen LogP contribution in [0.4, 0.5) is 0 Å². The molecule has 1 heterocycles. The minimum Gasteiger partial charge on any atom is -0.493 e. The van der Waals surface area contributed by atoms with Gasteiger partial charge in [0.15, 0.2) is 11.5 Å². The standard InChI is InChI=1S/C28H34N2O4S/c1-4-34-23-14-13-21(15-24(23)33-3)17-29-27(31)16-26-28(32)30(18-20-11-9-19(2)10-12-20)22-7-5-6-8-25(22)35-26/h9-16,22,25H,4-8,17-18H2,1-3H3,(H,29,31)/b26-16-. The van der Waals surface area contributed by atoms with E-state index in [1.54, 1.807) is 18.9 Å². The van der Waals surface area contributed by atoms with Gasteiger partial charge in [-0.05, 0) is 49.9 Å². The lowest BCUT2D eigenvalue weighted by atomic mass is 9.92. The highest BCUT2D eigenvalue weighted by Gasteiger charge is 2.40. The van der Waals surface area contributed by atoms with E-state index in [0.717, 1.165) is 30.4 Å². The van der Waals surface area contributed by atoms with Crippen LogP contribution in [-0.4, -0.2) is 41.7 Å². The number of hydrogen-bond donors (Lipinski definition) is 1. The summed E-state index contributed by atoms with van der Waals surface area (Å²) >= 11 is 1.58. The number of aryl methyl sites for hydroxylation is 1. The molecule has 1 aliphatic heterocycles. The maximum absolute atomic E-state index is 13.5. The summed E-state index contributed by atoms with van der Waals surface area (Å²) in [5.74, 6) is 0.993. The lowest BCUT2D eigenvalue weighted by Gasteiger charge is -2.44. The molecule has 2 unspecified atom stereocenters. The van der Waals surface area contributed by atoms with Crippen LogP contribution in [-0.2, 0) is 22.7 Å². The molecule has 35 heavy (non-hydrogen) atoms. The normalized spacial score (nSPS) is 20.9.